The van der Waals surface area contributed by atoms with Crippen molar-refractivity contribution in [1.82, 2.24) is 4.98 Å². The molecule has 2 N–H and O–H groups in total. The van der Waals surface area contributed by atoms with E-state index in [2.05, 4.69) is 4.98 Å². The van der Waals surface area contributed by atoms with Crippen LogP contribution in [-0.2, 0) is 0 Å². The molecule has 19 heavy (non-hydrogen) atoms. The van der Waals surface area contributed by atoms with Gasteiger partial charge in [-0.15, -0.1) is 0 Å². The summed E-state index contributed by atoms with van der Waals surface area (Å²) in [6, 6.07) is 7.83. The Kier molecular flexibility index (Phi) is 3.53. The van der Waals surface area contributed by atoms with E-state index in [9.17, 15) is 0 Å². The van der Waals surface area contributed by atoms with Gasteiger partial charge in [0.2, 0.25) is 0 Å². The molecule has 0 saturated heterocycles. The molecule has 0 bridgehead atoms. The summed E-state index contributed by atoms with van der Waals surface area (Å²) in [6.07, 6.45) is 9.65. The Bertz CT molecular complexity index is 560. The van der Waals surface area contributed by atoms with Crippen LogP contribution < -0.4 is 10.5 Å². The minimum Gasteiger partial charge on any atom is -0.490 e. The lowest BCUT2D eigenvalue weighted by molar-refractivity contribution is 0.186. The second-order valence-electron chi connectivity index (χ2n) is 5.28. The Morgan fingerprint density at radius 3 is 2.63 bits per heavy atom. The standard InChI is InChI=1S/C16H20N2O/c17-14-9-10-15(13-8-5-11-18-16(13)14)19-12-6-3-1-2-4-7-12/h5,8-12H,1-4,6-7,17H2. The summed E-state index contributed by atoms with van der Waals surface area (Å²) in [7, 11) is 0. The molecule has 0 amide bonds. The summed E-state index contributed by atoms with van der Waals surface area (Å²) < 4.78 is 6.21. The molecule has 1 heterocycles. The highest BCUT2D eigenvalue weighted by atomic mass is 16.5. The fraction of sp³-hybridized carbons (Fsp3) is 0.438. The van der Waals surface area contributed by atoms with Crippen LogP contribution in [0.4, 0.5) is 5.69 Å². The molecule has 1 fully saturated rings. The largest absolute Gasteiger partial charge is 0.490 e. The number of ether oxygens (including phenoxy) is 1. The van der Waals surface area contributed by atoms with Crippen molar-refractivity contribution in [2.24, 2.45) is 0 Å². The number of hydrogen-bond acceptors (Lipinski definition) is 3. The lowest BCUT2D eigenvalue weighted by atomic mass is 10.1. The Hall–Kier alpha value is -1.77. The van der Waals surface area contributed by atoms with Crippen LogP contribution >= 0.6 is 0 Å². The van der Waals surface area contributed by atoms with Crippen molar-refractivity contribution in [2.75, 3.05) is 5.73 Å². The van der Waals surface area contributed by atoms with E-state index < -0.39 is 0 Å². The predicted molar refractivity (Wildman–Crippen MR) is 78.3 cm³/mol. The topological polar surface area (TPSA) is 48.1 Å². The normalized spacial score (nSPS) is 17.3. The summed E-state index contributed by atoms with van der Waals surface area (Å²) in [5, 5.41) is 1.02. The SMILES string of the molecule is Nc1ccc(OC2CCCCCC2)c2cccnc12. The molecule has 0 spiro atoms. The maximum Gasteiger partial charge on any atom is 0.129 e. The summed E-state index contributed by atoms with van der Waals surface area (Å²) in [6.45, 7) is 0. The highest BCUT2D eigenvalue weighted by Crippen LogP contribution is 2.31. The number of nitrogens with two attached hydrogens (primary N) is 1. The van der Waals surface area contributed by atoms with E-state index in [1.54, 1.807) is 6.20 Å². The van der Waals surface area contributed by atoms with E-state index in [1.807, 2.05) is 24.3 Å². The molecule has 0 atom stereocenters. The summed E-state index contributed by atoms with van der Waals surface area (Å²) in [5.74, 6) is 0.921. The third kappa shape index (κ3) is 2.65. The van der Waals surface area contributed by atoms with Gasteiger partial charge in [-0.1, -0.05) is 12.8 Å². The van der Waals surface area contributed by atoms with E-state index in [0.717, 1.165) is 29.5 Å². The van der Waals surface area contributed by atoms with Crippen LogP contribution in [0.5, 0.6) is 5.75 Å². The molecule has 100 valence electrons. The molecule has 1 aliphatic carbocycles. The zero-order valence-electron chi connectivity index (χ0n) is 11.1. The molecular formula is C16H20N2O. The molecule has 3 nitrogen and oxygen atoms in total. The number of nitrogen functional groups attached to an aromatic ring is 1. The van der Waals surface area contributed by atoms with Gasteiger partial charge in [-0.2, -0.15) is 0 Å². The molecule has 1 aliphatic rings. The molecule has 0 aliphatic heterocycles. The van der Waals surface area contributed by atoms with E-state index >= 15 is 0 Å². The Labute approximate surface area is 113 Å². The first-order valence-corrected chi connectivity index (χ1v) is 7.14. The minimum atomic E-state index is 0.342. The lowest BCUT2D eigenvalue weighted by Gasteiger charge is -2.18. The van der Waals surface area contributed by atoms with Gasteiger partial charge < -0.3 is 10.5 Å². The van der Waals surface area contributed by atoms with Gasteiger partial charge in [0.15, 0.2) is 0 Å². The highest BCUT2D eigenvalue weighted by Gasteiger charge is 2.15. The second-order valence-corrected chi connectivity index (χ2v) is 5.28. The van der Waals surface area contributed by atoms with Crippen LogP contribution in [0, 0.1) is 0 Å². The van der Waals surface area contributed by atoms with Crippen molar-refractivity contribution in [3.8, 4) is 5.75 Å². The summed E-state index contributed by atoms with van der Waals surface area (Å²) in [4.78, 5) is 4.35. The monoisotopic (exact) mass is 256 g/mol. The van der Waals surface area contributed by atoms with Gasteiger partial charge in [0.1, 0.15) is 5.75 Å². The van der Waals surface area contributed by atoms with Gasteiger partial charge >= 0.3 is 0 Å². The van der Waals surface area contributed by atoms with Crippen LogP contribution in [0.1, 0.15) is 38.5 Å². The lowest BCUT2D eigenvalue weighted by Crippen LogP contribution is -2.15. The molecule has 1 aromatic carbocycles. The average Bonchev–Trinajstić information content (AvgIpc) is 2.71. The van der Waals surface area contributed by atoms with Crippen LogP contribution in [-0.4, -0.2) is 11.1 Å². The maximum atomic E-state index is 6.21. The van der Waals surface area contributed by atoms with Gasteiger partial charge in [0.25, 0.3) is 0 Å². The first-order chi connectivity index (χ1) is 9.34. The molecule has 1 aromatic heterocycles. The van der Waals surface area contributed by atoms with E-state index in [1.165, 1.54) is 25.7 Å². The van der Waals surface area contributed by atoms with Gasteiger partial charge in [-0.25, -0.2) is 0 Å². The Morgan fingerprint density at radius 2 is 1.84 bits per heavy atom. The van der Waals surface area contributed by atoms with E-state index in [4.69, 9.17) is 10.5 Å². The third-order valence-electron chi connectivity index (χ3n) is 3.86. The van der Waals surface area contributed by atoms with Crippen LogP contribution in [0.2, 0.25) is 0 Å². The Morgan fingerprint density at radius 1 is 1.05 bits per heavy atom. The Balaban J connectivity index is 1.90. The van der Waals surface area contributed by atoms with Crippen LogP contribution in [0.3, 0.4) is 0 Å². The predicted octanol–water partition coefficient (Wildman–Crippen LogP) is 3.92. The zero-order chi connectivity index (χ0) is 13.1. The first kappa shape index (κ1) is 12.3. The van der Waals surface area contributed by atoms with Crippen molar-refractivity contribution in [3.63, 3.8) is 0 Å². The summed E-state index contributed by atoms with van der Waals surface area (Å²) in [5.41, 5.74) is 7.52. The number of hydrogen-bond donors (Lipinski definition) is 1. The zero-order valence-corrected chi connectivity index (χ0v) is 11.1. The number of rotatable bonds is 2. The second kappa shape index (κ2) is 5.47. The molecule has 3 rings (SSSR count). The molecule has 0 unspecified atom stereocenters. The molecule has 1 saturated carbocycles. The van der Waals surface area contributed by atoms with E-state index in [0.29, 0.717) is 11.8 Å². The molecule has 0 radical (unpaired) electrons. The number of fused-ring (bicyclic) bond motifs is 1. The van der Waals surface area contributed by atoms with Crippen molar-refractivity contribution in [1.29, 1.82) is 0 Å². The third-order valence-corrected chi connectivity index (χ3v) is 3.86. The number of pyridine rings is 1. The maximum absolute atomic E-state index is 6.21. The van der Waals surface area contributed by atoms with Gasteiger partial charge in [0.05, 0.1) is 17.3 Å². The van der Waals surface area contributed by atoms with Crippen molar-refractivity contribution in [2.45, 2.75) is 44.6 Å². The smallest absolute Gasteiger partial charge is 0.129 e. The van der Waals surface area contributed by atoms with Crippen molar-refractivity contribution >= 4 is 16.6 Å². The van der Waals surface area contributed by atoms with Gasteiger partial charge in [-0.05, 0) is 49.9 Å². The van der Waals surface area contributed by atoms with Gasteiger partial charge in [-0.3, -0.25) is 4.98 Å². The van der Waals surface area contributed by atoms with Crippen LogP contribution in [0.25, 0.3) is 10.9 Å². The number of benzene rings is 1. The van der Waals surface area contributed by atoms with Crippen molar-refractivity contribution < 1.29 is 4.74 Å². The number of aromatic nitrogens is 1. The number of anilines is 1. The molecule has 3 heteroatoms. The minimum absolute atomic E-state index is 0.342. The van der Waals surface area contributed by atoms with Crippen molar-refractivity contribution in [3.05, 3.63) is 30.5 Å². The van der Waals surface area contributed by atoms with Crippen LogP contribution in [0.15, 0.2) is 30.5 Å². The van der Waals surface area contributed by atoms with Gasteiger partial charge in [0, 0.05) is 11.6 Å². The molecular weight excluding hydrogens is 236 g/mol. The fourth-order valence-corrected chi connectivity index (χ4v) is 2.81. The quantitative estimate of drug-likeness (QED) is 0.654. The molecule has 2 aromatic rings. The average molecular weight is 256 g/mol. The highest BCUT2D eigenvalue weighted by molar-refractivity contribution is 5.93. The van der Waals surface area contributed by atoms with E-state index in [-0.39, 0.29) is 0 Å². The fourth-order valence-electron chi connectivity index (χ4n) is 2.81. The first-order valence-electron chi connectivity index (χ1n) is 7.14. The number of nitrogens with zero attached hydrogens (tertiary/aromatic N) is 1. The summed E-state index contributed by atoms with van der Waals surface area (Å²) >= 11 is 0.